The molecule has 0 aromatic heterocycles. The van der Waals surface area contributed by atoms with Gasteiger partial charge in [-0.15, -0.1) is 0 Å². The van der Waals surface area contributed by atoms with Gasteiger partial charge in [-0.25, -0.2) is 0 Å². The Morgan fingerprint density at radius 3 is 2.50 bits per heavy atom. The number of piperidine rings is 1. The fourth-order valence-corrected chi connectivity index (χ4v) is 2.50. The number of halogens is 3. The molecule has 1 fully saturated rings. The molecule has 0 aliphatic carbocycles. The maximum Gasteiger partial charge on any atom is 0.416 e. The molecule has 1 aromatic rings. The molecule has 2 atom stereocenters. The third kappa shape index (κ3) is 4.21. The molecule has 0 bridgehead atoms. The Morgan fingerprint density at radius 1 is 1.25 bits per heavy atom. The molecule has 20 heavy (non-hydrogen) atoms. The zero-order chi connectivity index (χ0) is 14.6. The van der Waals surface area contributed by atoms with Crippen LogP contribution in [0.1, 0.15) is 43.4 Å². The van der Waals surface area contributed by atoms with Crippen LogP contribution in [0.4, 0.5) is 13.2 Å². The predicted molar refractivity (Wildman–Crippen MR) is 73.5 cm³/mol. The first-order valence-corrected chi connectivity index (χ1v) is 7.11. The summed E-state index contributed by atoms with van der Waals surface area (Å²) < 4.78 is 37.5. The highest BCUT2D eigenvalue weighted by Gasteiger charge is 2.30. The smallest absolute Gasteiger partial charge is 0.313 e. The Balaban J connectivity index is 1.87. The van der Waals surface area contributed by atoms with Crippen LogP contribution in [0.3, 0.4) is 0 Å². The average Bonchev–Trinajstić information content (AvgIpc) is 2.45. The minimum atomic E-state index is -4.26. The maximum absolute atomic E-state index is 12.5. The van der Waals surface area contributed by atoms with E-state index in [1.54, 1.807) is 12.1 Å². The second-order valence-corrected chi connectivity index (χ2v) is 5.40. The minimum Gasteiger partial charge on any atom is -0.313 e. The van der Waals surface area contributed by atoms with Crippen LogP contribution >= 0.6 is 0 Å². The summed E-state index contributed by atoms with van der Waals surface area (Å²) in [5.41, 5.74) is 0.288. The SMILES string of the molecule is CC(NCC1CCCCN1)c1ccc(C(F)(F)F)cc1. The van der Waals surface area contributed by atoms with Gasteiger partial charge in [0.25, 0.3) is 0 Å². The van der Waals surface area contributed by atoms with E-state index in [0.29, 0.717) is 6.04 Å². The van der Waals surface area contributed by atoms with Crippen LogP contribution in [-0.4, -0.2) is 19.1 Å². The third-order valence-corrected chi connectivity index (χ3v) is 3.82. The normalized spacial score (nSPS) is 21.7. The molecule has 112 valence electrons. The summed E-state index contributed by atoms with van der Waals surface area (Å²) in [4.78, 5) is 0. The molecule has 0 amide bonds. The molecule has 5 heteroatoms. The summed E-state index contributed by atoms with van der Waals surface area (Å²) in [6.07, 6.45) is -0.632. The maximum atomic E-state index is 12.5. The molecule has 2 unspecified atom stereocenters. The second kappa shape index (κ2) is 6.59. The van der Waals surface area contributed by atoms with Gasteiger partial charge in [-0.1, -0.05) is 18.6 Å². The van der Waals surface area contributed by atoms with Crippen molar-refractivity contribution in [3.05, 3.63) is 35.4 Å². The molecule has 1 aliphatic rings. The van der Waals surface area contributed by atoms with Crippen molar-refractivity contribution >= 4 is 0 Å². The Hall–Kier alpha value is -1.07. The molecular weight excluding hydrogens is 265 g/mol. The molecule has 1 aromatic carbocycles. The summed E-state index contributed by atoms with van der Waals surface area (Å²) in [5.74, 6) is 0. The molecule has 2 nitrogen and oxygen atoms in total. The number of alkyl halides is 3. The van der Waals surface area contributed by atoms with Crippen molar-refractivity contribution in [2.75, 3.05) is 13.1 Å². The molecule has 1 aliphatic heterocycles. The topological polar surface area (TPSA) is 24.1 Å². The van der Waals surface area contributed by atoms with E-state index in [4.69, 9.17) is 0 Å². The van der Waals surface area contributed by atoms with Crippen LogP contribution in [0.15, 0.2) is 24.3 Å². The summed E-state index contributed by atoms with van der Waals surface area (Å²) in [5, 5.41) is 6.83. The van der Waals surface area contributed by atoms with E-state index in [2.05, 4.69) is 10.6 Å². The number of hydrogen-bond donors (Lipinski definition) is 2. The van der Waals surface area contributed by atoms with Crippen molar-refractivity contribution in [2.45, 2.75) is 44.4 Å². The van der Waals surface area contributed by atoms with E-state index < -0.39 is 11.7 Å². The molecule has 2 N–H and O–H groups in total. The molecule has 2 rings (SSSR count). The van der Waals surface area contributed by atoms with Gasteiger partial charge in [-0.2, -0.15) is 13.2 Å². The van der Waals surface area contributed by atoms with E-state index in [1.807, 2.05) is 6.92 Å². The number of nitrogens with one attached hydrogen (secondary N) is 2. The summed E-state index contributed by atoms with van der Waals surface area (Å²) in [7, 11) is 0. The zero-order valence-electron chi connectivity index (χ0n) is 11.6. The van der Waals surface area contributed by atoms with Gasteiger partial charge in [0.1, 0.15) is 0 Å². The Labute approximate surface area is 117 Å². The van der Waals surface area contributed by atoms with Crippen LogP contribution in [0, 0.1) is 0 Å². The van der Waals surface area contributed by atoms with Crippen LogP contribution in [-0.2, 0) is 6.18 Å². The fourth-order valence-electron chi connectivity index (χ4n) is 2.50. The lowest BCUT2D eigenvalue weighted by Gasteiger charge is -2.25. The standard InChI is InChI=1S/C15H21F3N2/c1-11(20-10-14-4-2-3-9-19-14)12-5-7-13(8-6-12)15(16,17)18/h5-8,11,14,19-20H,2-4,9-10H2,1H3. The molecule has 0 spiro atoms. The summed E-state index contributed by atoms with van der Waals surface area (Å²) in [6, 6.07) is 5.92. The Kier molecular flexibility index (Phi) is 5.05. The van der Waals surface area contributed by atoms with E-state index in [0.717, 1.165) is 37.2 Å². The Morgan fingerprint density at radius 2 is 1.95 bits per heavy atom. The lowest BCUT2D eigenvalue weighted by molar-refractivity contribution is -0.137. The molecule has 1 saturated heterocycles. The van der Waals surface area contributed by atoms with Crippen molar-refractivity contribution in [3.63, 3.8) is 0 Å². The van der Waals surface area contributed by atoms with E-state index in [1.165, 1.54) is 12.8 Å². The predicted octanol–water partition coefficient (Wildman–Crippen LogP) is 3.50. The fraction of sp³-hybridized carbons (Fsp3) is 0.600. The molecule has 0 radical (unpaired) electrons. The van der Waals surface area contributed by atoms with Crippen LogP contribution in [0.25, 0.3) is 0 Å². The van der Waals surface area contributed by atoms with Gasteiger partial charge in [0.15, 0.2) is 0 Å². The second-order valence-electron chi connectivity index (χ2n) is 5.40. The van der Waals surface area contributed by atoms with Crippen LogP contribution in [0.2, 0.25) is 0 Å². The molecule has 0 saturated carbocycles. The van der Waals surface area contributed by atoms with Gasteiger partial charge >= 0.3 is 6.18 Å². The van der Waals surface area contributed by atoms with Gasteiger partial charge in [-0.05, 0) is 44.0 Å². The highest BCUT2D eigenvalue weighted by Crippen LogP contribution is 2.29. The minimum absolute atomic E-state index is 0.0565. The monoisotopic (exact) mass is 286 g/mol. The quantitative estimate of drug-likeness (QED) is 0.885. The van der Waals surface area contributed by atoms with E-state index in [-0.39, 0.29) is 6.04 Å². The molecule has 1 heterocycles. The van der Waals surface area contributed by atoms with E-state index in [9.17, 15) is 13.2 Å². The van der Waals surface area contributed by atoms with Crippen molar-refractivity contribution in [3.8, 4) is 0 Å². The van der Waals surface area contributed by atoms with Crippen molar-refractivity contribution in [1.82, 2.24) is 10.6 Å². The van der Waals surface area contributed by atoms with Crippen molar-refractivity contribution < 1.29 is 13.2 Å². The third-order valence-electron chi connectivity index (χ3n) is 3.82. The lowest BCUT2D eigenvalue weighted by Crippen LogP contribution is -2.42. The first-order chi connectivity index (χ1) is 9.47. The van der Waals surface area contributed by atoms with Gasteiger partial charge in [0, 0.05) is 18.6 Å². The number of rotatable bonds is 4. The van der Waals surface area contributed by atoms with Gasteiger partial charge < -0.3 is 10.6 Å². The van der Waals surface area contributed by atoms with Crippen LogP contribution in [0.5, 0.6) is 0 Å². The van der Waals surface area contributed by atoms with Gasteiger partial charge in [0.05, 0.1) is 5.56 Å². The highest BCUT2D eigenvalue weighted by molar-refractivity contribution is 5.26. The largest absolute Gasteiger partial charge is 0.416 e. The first kappa shape index (κ1) is 15.3. The lowest BCUT2D eigenvalue weighted by atomic mass is 10.0. The van der Waals surface area contributed by atoms with E-state index >= 15 is 0 Å². The van der Waals surface area contributed by atoms with Gasteiger partial charge in [0.2, 0.25) is 0 Å². The number of benzene rings is 1. The molecular formula is C15H21F3N2. The van der Waals surface area contributed by atoms with Crippen molar-refractivity contribution in [2.24, 2.45) is 0 Å². The first-order valence-electron chi connectivity index (χ1n) is 7.11. The van der Waals surface area contributed by atoms with Gasteiger partial charge in [-0.3, -0.25) is 0 Å². The van der Waals surface area contributed by atoms with Crippen LogP contribution < -0.4 is 10.6 Å². The van der Waals surface area contributed by atoms with Crippen molar-refractivity contribution in [1.29, 1.82) is 0 Å². The number of hydrogen-bond acceptors (Lipinski definition) is 2. The summed E-state index contributed by atoms with van der Waals surface area (Å²) in [6.45, 7) is 3.88. The Bertz CT molecular complexity index is 408. The average molecular weight is 286 g/mol. The zero-order valence-corrected chi connectivity index (χ0v) is 11.6. The summed E-state index contributed by atoms with van der Waals surface area (Å²) >= 11 is 0. The highest BCUT2D eigenvalue weighted by atomic mass is 19.4.